The molecule has 0 radical (unpaired) electrons. The SMILES string of the molecule is CC1CCC(CCOc2ccc(Cl)cc2)CC1. The fraction of sp³-hybridized carbons (Fsp3) is 0.600. The maximum atomic E-state index is 5.83. The Kier molecular flexibility index (Phi) is 4.73. The molecule has 1 saturated carbocycles. The fourth-order valence-corrected chi connectivity index (χ4v) is 2.62. The highest BCUT2D eigenvalue weighted by molar-refractivity contribution is 6.30. The van der Waals surface area contributed by atoms with Crippen LogP contribution >= 0.6 is 11.6 Å². The predicted molar refractivity (Wildman–Crippen MR) is 72.7 cm³/mol. The molecule has 2 heteroatoms. The highest BCUT2D eigenvalue weighted by Crippen LogP contribution is 2.30. The van der Waals surface area contributed by atoms with Gasteiger partial charge in [-0.05, 0) is 42.5 Å². The van der Waals surface area contributed by atoms with Crippen LogP contribution in [0.5, 0.6) is 5.75 Å². The van der Waals surface area contributed by atoms with Gasteiger partial charge in [0.2, 0.25) is 0 Å². The zero-order valence-corrected chi connectivity index (χ0v) is 11.2. The van der Waals surface area contributed by atoms with Crippen molar-refractivity contribution in [2.75, 3.05) is 6.61 Å². The molecule has 0 unspecified atom stereocenters. The molecule has 17 heavy (non-hydrogen) atoms. The zero-order chi connectivity index (χ0) is 12.1. The van der Waals surface area contributed by atoms with Crippen molar-refractivity contribution in [2.24, 2.45) is 11.8 Å². The van der Waals surface area contributed by atoms with Crippen LogP contribution in [0.15, 0.2) is 24.3 Å². The van der Waals surface area contributed by atoms with Gasteiger partial charge in [-0.1, -0.05) is 44.2 Å². The quantitative estimate of drug-likeness (QED) is 0.738. The van der Waals surface area contributed by atoms with E-state index in [0.717, 1.165) is 29.2 Å². The summed E-state index contributed by atoms with van der Waals surface area (Å²) in [5, 5.41) is 0.763. The minimum atomic E-state index is 0.763. The summed E-state index contributed by atoms with van der Waals surface area (Å²) in [6.45, 7) is 3.20. The van der Waals surface area contributed by atoms with Gasteiger partial charge in [0.05, 0.1) is 6.61 Å². The first-order valence-corrected chi connectivity index (χ1v) is 7.00. The van der Waals surface area contributed by atoms with E-state index in [1.807, 2.05) is 24.3 Å². The molecule has 0 heterocycles. The Morgan fingerprint density at radius 1 is 1.12 bits per heavy atom. The molecule has 0 atom stereocenters. The lowest BCUT2D eigenvalue weighted by Gasteiger charge is -2.25. The third kappa shape index (κ3) is 4.23. The fourth-order valence-electron chi connectivity index (χ4n) is 2.49. The van der Waals surface area contributed by atoms with Gasteiger partial charge in [0.15, 0.2) is 0 Å². The molecule has 1 aromatic carbocycles. The van der Waals surface area contributed by atoms with E-state index in [0.29, 0.717) is 0 Å². The summed E-state index contributed by atoms with van der Waals surface area (Å²) in [4.78, 5) is 0. The Balaban J connectivity index is 1.67. The third-order valence-electron chi connectivity index (χ3n) is 3.74. The molecule has 0 saturated heterocycles. The zero-order valence-electron chi connectivity index (χ0n) is 10.5. The predicted octanol–water partition coefficient (Wildman–Crippen LogP) is 4.94. The highest BCUT2D eigenvalue weighted by atomic mass is 35.5. The van der Waals surface area contributed by atoms with Gasteiger partial charge in [-0.2, -0.15) is 0 Å². The van der Waals surface area contributed by atoms with E-state index in [4.69, 9.17) is 16.3 Å². The summed E-state index contributed by atoms with van der Waals surface area (Å²) in [6.07, 6.45) is 6.74. The van der Waals surface area contributed by atoms with Crippen LogP contribution in [0.4, 0.5) is 0 Å². The van der Waals surface area contributed by atoms with Crippen LogP contribution in [0.2, 0.25) is 5.02 Å². The summed E-state index contributed by atoms with van der Waals surface area (Å²) in [7, 11) is 0. The third-order valence-corrected chi connectivity index (χ3v) is 4.00. The molecule has 0 amide bonds. The number of hydrogen-bond donors (Lipinski definition) is 0. The Bertz CT molecular complexity index is 325. The Hall–Kier alpha value is -0.690. The van der Waals surface area contributed by atoms with Gasteiger partial charge in [0.25, 0.3) is 0 Å². The smallest absolute Gasteiger partial charge is 0.119 e. The number of rotatable bonds is 4. The maximum Gasteiger partial charge on any atom is 0.119 e. The molecular formula is C15H21ClO. The van der Waals surface area contributed by atoms with Crippen molar-refractivity contribution >= 4 is 11.6 Å². The monoisotopic (exact) mass is 252 g/mol. The first-order valence-electron chi connectivity index (χ1n) is 6.62. The van der Waals surface area contributed by atoms with Gasteiger partial charge in [0, 0.05) is 5.02 Å². The van der Waals surface area contributed by atoms with Gasteiger partial charge in [-0.25, -0.2) is 0 Å². The van der Waals surface area contributed by atoms with E-state index in [2.05, 4.69) is 6.92 Å². The Morgan fingerprint density at radius 3 is 2.41 bits per heavy atom. The van der Waals surface area contributed by atoms with Crippen molar-refractivity contribution in [1.29, 1.82) is 0 Å². The van der Waals surface area contributed by atoms with Crippen molar-refractivity contribution in [2.45, 2.75) is 39.0 Å². The summed E-state index contributed by atoms with van der Waals surface area (Å²) in [5.41, 5.74) is 0. The molecule has 1 nitrogen and oxygen atoms in total. The van der Waals surface area contributed by atoms with Crippen LogP contribution in [0.3, 0.4) is 0 Å². The average Bonchev–Trinajstić information content (AvgIpc) is 2.34. The van der Waals surface area contributed by atoms with Gasteiger partial charge >= 0.3 is 0 Å². The van der Waals surface area contributed by atoms with E-state index in [1.54, 1.807) is 0 Å². The van der Waals surface area contributed by atoms with Crippen molar-refractivity contribution in [3.63, 3.8) is 0 Å². The standard InChI is InChI=1S/C15H21ClO/c1-12-2-4-13(5-3-12)10-11-17-15-8-6-14(16)7-9-15/h6-9,12-13H,2-5,10-11H2,1H3. The normalized spacial score (nSPS) is 24.6. The van der Waals surface area contributed by atoms with Crippen molar-refractivity contribution in [3.8, 4) is 5.75 Å². The lowest BCUT2D eigenvalue weighted by atomic mass is 9.82. The van der Waals surface area contributed by atoms with Crippen LogP contribution in [0.25, 0.3) is 0 Å². The van der Waals surface area contributed by atoms with Crippen molar-refractivity contribution in [1.82, 2.24) is 0 Å². The van der Waals surface area contributed by atoms with E-state index in [9.17, 15) is 0 Å². The molecule has 94 valence electrons. The minimum Gasteiger partial charge on any atom is -0.494 e. The van der Waals surface area contributed by atoms with E-state index < -0.39 is 0 Å². The molecule has 1 aliphatic rings. The first kappa shape index (κ1) is 12.8. The lowest BCUT2D eigenvalue weighted by Crippen LogP contribution is -2.14. The first-order chi connectivity index (χ1) is 8.24. The van der Waals surface area contributed by atoms with Crippen LogP contribution in [-0.4, -0.2) is 6.61 Å². The second-order valence-electron chi connectivity index (χ2n) is 5.22. The summed E-state index contributed by atoms with van der Waals surface area (Å²) in [5.74, 6) is 2.74. The minimum absolute atomic E-state index is 0.763. The lowest BCUT2D eigenvalue weighted by molar-refractivity contribution is 0.223. The Morgan fingerprint density at radius 2 is 1.76 bits per heavy atom. The topological polar surface area (TPSA) is 9.23 Å². The number of hydrogen-bond acceptors (Lipinski definition) is 1. The molecule has 0 aliphatic heterocycles. The summed E-state index contributed by atoms with van der Waals surface area (Å²) < 4.78 is 5.73. The molecule has 0 spiro atoms. The van der Waals surface area contributed by atoms with Crippen molar-refractivity contribution in [3.05, 3.63) is 29.3 Å². The molecule has 0 aromatic heterocycles. The second kappa shape index (κ2) is 6.30. The summed E-state index contributed by atoms with van der Waals surface area (Å²) >= 11 is 5.83. The van der Waals surface area contributed by atoms with E-state index in [1.165, 1.54) is 32.1 Å². The summed E-state index contributed by atoms with van der Waals surface area (Å²) in [6, 6.07) is 7.62. The average molecular weight is 253 g/mol. The molecule has 1 fully saturated rings. The van der Waals surface area contributed by atoms with Crippen LogP contribution in [0, 0.1) is 11.8 Å². The van der Waals surface area contributed by atoms with Crippen LogP contribution < -0.4 is 4.74 Å². The van der Waals surface area contributed by atoms with Crippen molar-refractivity contribution < 1.29 is 4.74 Å². The van der Waals surface area contributed by atoms with Gasteiger partial charge < -0.3 is 4.74 Å². The van der Waals surface area contributed by atoms with E-state index in [-0.39, 0.29) is 0 Å². The Labute approximate surface area is 109 Å². The highest BCUT2D eigenvalue weighted by Gasteiger charge is 2.17. The number of ether oxygens (including phenoxy) is 1. The molecule has 0 N–H and O–H groups in total. The van der Waals surface area contributed by atoms with Gasteiger partial charge in [0.1, 0.15) is 5.75 Å². The van der Waals surface area contributed by atoms with Gasteiger partial charge in [-0.15, -0.1) is 0 Å². The van der Waals surface area contributed by atoms with Crippen LogP contribution in [-0.2, 0) is 0 Å². The molecule has 1 aromatic rings. The maximum absolute atomic E-state index is 5.83. The number of halogens is 1. The molecular weight excluding hydrogens is 232 g/mol. The van der Waals surface area contributed by atoms with Crippen LogP contribution in [0.1, 0.15) is 39.0 Å². The van der Waals surface area contributed by atoms with Gasteiger partial charge in [-0.3, -0.25) is 0 Å². The second-order valence-corrected chi connectivity index (χ2v) is 5.65. The molecule has 1 aliphatic carbocycles. The molecule has 0 bridgehead atoms. The largest absolute Gasteiger partial charge is 0.494 e. The molecule has 2 rings (SSSR count). The number of benzene rings is 1. The van der Waals surface area contributed by atoms with E-state index >= 15 is 0 Å².